The van der Waals surface area contributed by atoms with E-state index < -0.39 is 15.8 Å². The maximum atomic E-state index is 13.2. The van der Waals surface area contributed by atoms with E-state index in [4.69, 9.17) is 11.6 Å². The molecule has 0 saturated heterocycles. The minimum Gasteiger partial charge on any atom is -0.346 e. The molecular formula is C18H16ClFN4O3S2. The van der Waals surface area contributed by atoms with Crippen LogP contribution in [0.4, 0.5) is 4.39 Å². The van der Waals surface area contributed by atoms with Gasteiger partial charge >= 0.3 is 0 Å². The summed E-state index contributed by atoms with van der Waals surface area (Å²) in [5.74, 6) is -1.04. The number of carbonyl (C=O) groups is 1. The molecule has 2 N–H and O–H groups in total. The summed E-state index contributed by atoms with van der Waals surface area (Å²) in [6, 6.07) is 6.25. The Morgan fingerprint density at radius 1 is 1.17 bits per heavy atom. The fourth-order valence-corrected chi connectivity index (χ4v) is 4.34. The highest BCUT2D eigenvalue weighted by Gasteiger charge is 2.16. The van der Waals surface area contributed by atoms with E-state index in [1.165, 1.54) is 23.6 Å². The van der Waals surface area contributed by atoms with Crippen molar-refractivity contribution in [3.05, 3.63) is 74.7 Å². The summed E-state index contributed by atoms with van der Waals surface area (Å²) >= 11 is 7.13. The second-order valence-corrected chi connectivity index (χ2v) is 9.47. The van der Waals surface area contributed by atoms with Crippen molar-refractivity contribution in [1.82, 2.24) is 20.0 Å². The molecule has 0 aliphatic heterocycles. The standard InChI is InChI=1S/C18H16ClFN4O3S2/c1-11-21-9-13(28-11)10-23-18(25)17-5-2-12(7-22-17)8-24-29(26,27)14-3-4-16(20)15(19)6-14/h2-7,9,24H,8,10H2,1H3,(H,23,25). The third-order valence-electron chi connectivity index (χ3n) is 3.82. The Morgan fingerprint density at radius 3 is 2.59 bits per heavy atom. The number of halogens is 2. The Bertz CT molecular complexity index is 1130. The van der Waals surface area contributed by atoms with Crippen LogP contribution in [0, 0.1) is 12.7 Å². The van der Waals surface area contributed by atoms with Crippen molar-refractivity contribution >= 4 is 38.9 Å². The Balaban J connectivity index is 1.58. The van der Waals surface area contributed by atoms with Crippen molar-refractivity contribution in [3.8, 4) is 0 Å². The molecule has 0 aliphatic carbocycles. The van der Waals surface area contributed by atoms with Gasteiger partial charge < -0.3 is 5.32 Å². The van der Waals surface area contributed by atoms with Crippen molar-refractivity contribution in [1.29, 1.82) is 0 Å². The van der Waals surface area contributed by atoms with Gasteiger partial charge in [-0.3, -0.25) is 9.78 Å². The van der Waals surface area contributed by atoms with Crippen molar-refractivity contribution in [2.24, 2.45) is 0 Å². The first-order valence-corrected chi connectivity index (χ1v) is 11.0. The zero-order valence-electron chi connectivity index (χ0n) is 15.1. The molecule has 2 aromatic heterocycles. The smallest absolute Gasteiger partial charge is 0.270 e. The molecule has 0 radical (unpaired) electrons. The van der Waals surface area contributed by atoms with Crippen LogP contribution in [0.1, 0.15) is 25.9 Å². The number of benzene rings is 1. The van der Waals surface area contributed by atoms with E-state index in [0.29, 0.717) is 12.1 Å². The number of hydrogen-bond donors (Lipinski definition) is 2. The Hall–Kier alpha value is -2.40. The van der Waals surface area contributed by atoms with E-state index >= 15 is 0 Å². The first kappa shape index (κ1) is 21.3. The van der Waals surface area contributed by atoms with Crippen molar-refractivity contribution in [3.63, 3.8) is 0 Å². The fourth-order valence-electron chi connectivity index (χ4n) is 2.31. The van der Waals surface area contributed by atoms with Crippen LogP contribution in [0.15, 0.2) is 47.6 Å². The summed E-state index contributed by atoms with van der Waals surface area (Å²) in [5.41, 5.74) is 0.763. The highest BCUT2D eigenvalue weighted by Crippen LogP contribution is 2.19. The number of sulfonamides is 1. The summed E-state index contributed by atoms with van der Waals surface area (Å²) in [7, 11) is -3.87. The number of amides is 1. The van der Waals surface area contributed by atoms with Gasteiger partial charge in [0.15, 0.2) is 0 Å². The average molecular weight is 455 g/mol. The van der Waals surface area contributed by atoms with E-state index in [2.05, 4.69) is 20.0 Å². The molecule has 0 atom stereocenters. The second kappa shape index (κ2) is 8.95. The van der Waals surface area contributed by atoms with Gasteiger partial charge in [0, 0.05) is 23.8 Å². The molecule has 0 unspecified atom stereocenters. The molecule has 0 saturated carbocycles. The summed E-state index contributed by atoms with van der Waals surface area (Å²) in [6.07, 6.45) is 3.11. The lowest BCUT2D eigenvalue weighted by Gasteiger charge is -2.08. The van der Waals surface area contributed by atoms with Gasteiger partial charge in [-0.25, -0.2) is 22.5 Å². The van der Waals surface area contributed by atoms with Gasteiger partial charge in [0.05, 0.1) is 21.5 Å². The molecule has 3 aromatic rings. The first-order chi connectivity index (χ1) is 13.7. The van der Waals surface area contributed by atoms with Gasteiger partial charge in [-0.15, -0.1) is 11.3 Å². The van der Waals surface area contributed by atoms with Gasteiger partial charge in [-0.05, 0) is 36.8 Å². The number of aromatic nitrogens is 2. The molecule has 2 heterocycles. The monoisotopic (exact) mass is 454 g/mol. The lowest BCUT2D eigenvalue weighted by Crippen LogP contribution is -2.24. The molecular weight excluding hydrogens is 439 g/mol. The van der Waals surface area contributed by atoms with E-state index in [1.807, 2.05) is 6.92 Å². The van der Waals surface area contributed by atoms with Crippen molar-refractivity contribution in [2.45, 2.75) is 24.9 Å². The maximum absolute atomic E-state index is 13.2. The highest BCUT2D eigenvalue weighted by molar-refractivity contribution is 7.89. The number of nitrogens with one attached hydrogen (secondary N) is 2. The van der Waals surface area contributed by atoms with Crippen molar-refractivity contribution < 1.29 is 17.6 Å². The number of hydrogen-bond acceptors (Lipinski definition) is 6. The van der Waals surface area contributed by atoms with Gasteiger partial charge in [-0.2, -0.15) is 0 Å². The van der Waals surface area contributed by atoms with Gasteiger partial charge in [0.2, 0.25) is 10.0 Å². The van der Waals surface area contributed by atoms with Crippen LogP contribution in [0.3, 0.4) is 0 Å². The quantitative estimate of drug-likeness (QED) is 0.571. The van der Waals surface area contributed by atoms with Gasteiger partial charge in [0.25, 0.3) is 5.91 Å². The molecule has 0 spiro atoms. The lowest BCUT2D eigenvalue weighted by atomic mass is 10.2. The largest absolute Gasteiger partial charge is 0.346 e. The second-order valence-electron chi connectivity index (χ2n) is 5.98. The predicted octanol–water partition coefficient (Wildman–Crippen LogP) is 3.05. The van der Waals surface area contributed by atoms with Crippen molar-refractivity contribution in [2.75, 3.05) is 0 Å². The average Bonchev–Trinajstić information content (AvgIpc) is 3.12. The van der Waals surface area contributed by atoms with E-state index in [0.717, 1.165) is 28.1 Å². The lowest BCUT2D eigenvalue weighted by molar-refractivity contribution is 0.0946. The predicted molar refractivity (Wildman–Crippen MR) is 108 cm³/mol. The number of carbonyl (C=O) groups excluding carboxylic acids is 1. The first-order valence-electron chi connectivity index (χ1n) is 8.34. The van der Waals surface area contributed by atoms with Crippen LogP contribution in [0.5, 0.6) is 0 Å². The number of rotatable bonds is 7. The van der Waals surface area contributed by atoms with Gasteiger partial charge in [-0.1, -0.05) is 17.7 Å². The number of nitrogens with zero attached hydrogens (tertiary/aromatic N) is 2. The topological polar surface area (TPSA) is 101 Å². The Kier molecular flexibility index (Phi) is 6.58. The van der Waals surface area contributed by atoms with Crippen LogP contribution in [0.2, 0.25) is 5.02 Å². The molecule has 0 bridgehead atoms. The number of aryl methyl sites for hydroxylation is 1. The maximum Gasteiger partial charge on any atom is 0.270 e. The molecule has 11 heteroatoms. The SMILES string of the molecule is Cc1ncc(CNC(=O)c2ccc(CNS(=O)(=O)c3ccc(F)c(Cl)c3)cn2)s1. The molecule has 1 amide bonds. The summed E-state index contributed by atoms with van der Waals surface area (Å²) < 4.78 is 40.2. The summed E-state index contributed by atoms with van der Waals surface area (Å²) in [5, 5.41) is 3.39. The highest BCUT2D eigenvalue weighted by atomic mass is 35.5. The van der Waals surface area contributed by atoms with Gasteiger partial charge in [0.1, 0.15) is 11.5 Å². The minimum absolute atomic E-state index is 0.0492. The third kappa shape index (κ3) is 5.57. The Morgan fingerprint density at radius 2 is 1.97 bits per heavy atom. The Labute approximate surface area is 176 Å². The van der Waals surface area contributed by atoms with Crippen LogP contribution >= 0.6 is 22.9 Å². The van der Waals surface area contributed by atoms with Crippen LogP contribution in [0.25, 0.3) is 0 Å². The zero-order chi connectivity index (χ0) is 21.0. The van der Waals surface area contributed by atoms with Crippen LogP contribution in [-0.2, 0) is 23.1 Å². The number of pyridine rings is 1. The summed E-state index contributed by atoms with van der Waals surface area (Å²) in [6.45, 7) is 2.19. The fraction of sp³-hybridized carbons (Fsp3) is 0.167. The van der Waals surface area contributed by atoms with E-state index in [9.17, 15) is 17.6 Å². The minimum atomic E-state index is -3.87. The van der Waals surface area contributed by atoms with Crippen LogP contribution in [-0.4, -0.2) is 24.3 Å². The molecule has 29 heavy (non-hydrogen) atoms. The molecule has 0 fully saturated rings. The molecule has 152 valence electrons. The van der Waals surface area contributed by atoms with Crippen LogP contribution < -0.4 is 10.0 Å². The van der Waals surface area contributed by atoms with E-state index in [-0.39, 0.29) is 28.1 Å². The molecule has 3 rings (SSSR count). The third-order valence-corrected chi connectivity index (χ3v) is 6.42. The summed E-state index contributed by atoms with van der Waals surface area (Å²) in [4.78, 5) is 21.1. The zero-order valence-corrected chi connectivity index (χ0v) is 17.5. The number of thiazole rings is 1. The molecule has 0 aliphatic rings. The molecule has 7 nitrogen and oxygen atoms in total. The van der Waals surface area contributed by atoms with E-state index in [1.54, 1.807) is 12.3 Å². The molecule has 1 aromatic carbocycles. The normalized spacial score (nSPS) is 11.4.